The number of hydrogen-bond donors (Lipinski definition) is 2. The number of nitrogens with one attached hydrogen (secondary N) is 2. The van der Waals surface area contributed by atoms with Gasteiger partial charge in [-0.1, -0.05) is 35.9 Å². The van der Waals surface area contributed by atoms with Crippen molar-refractivity contribution in [1.29, 1.82) is 0 Å². The molecule has 0 saturated carbocycles. The van der Waals surface area contributed by atoms with Crippen LogP contribution in [0.2, 0.25) is 5.02 Å². The highest BCUT2D eigenvalue weighted by Gasteiger charge is 2.23. The summed E-state index contributed by atoms with van der Waals surface area (Å²) in [5, 5.41) is 6.14. The first kappa shape index (κ1) is 14.0. The predicted octanol–water partition coefficient (Wildman–Crippen LogP) is 3.13. The molecule has 3 nitrogen and oxygen atoms in total. The second-order valence-electron chi connectivity index (χ2n) is 5.05. The highest BCUT2D eigenvalue weighted by Crippen LogP contribution is 2.20. The van der Waals surface area contributed by atoms with Gasteiger partial charge in [-0.2, -0.15) is 0 Å². The van der Waals surface area contributed by atoms with Gasteiger partial charge in [-0.3, -0.25) is 4.79 Å². The maximum Gasteiger partial charge on any atom is 0.241 e. The van der Waals surface area contributed by atoms with Crippen LogP contribution in [0.15, 0.2) is 42.5 Å². The van der Waals surface area contributed by atoms with Gasteiger partial charge in [-0.25, -0.2) is 4.39 Å². The molecule has 5 heteroatoms. The molecular weight excluding hydrogens is 291 g/mol. The van der Waals surface area contributed by atoms with Crippen LogP contribution < -0.4 is 10.6 Å². The fourth-order valence-corrected chi connectivity index (χ4v) is 2.72. The zero-order chi connectivity index (χ0) is 14.8. The van der Waals surface area contributed by atoms with Crippen molar-refractivity contribution < 1.29 is 9.18 Å². The first-order valence-corrected chi connectivity index (χ1v) is 7.07. The molecule has 0 bridgehead atoms. The van der Waals surface area contributed by atoms with Gasteiger partial charge in [0.1, 0.15) is 5.82 Å². The normalized spacial score (nSPS) is 17.1. The highest BCUT2D eigenvalue weighted by atomic mass is 35.5. The third kappa shape index (κ3) is 3.23. The van der Waals surface area contributed by atoms with Crippen molar-refractivity contribution in [2.45, 2.75) is 19.0 Å². The average molecular weight is 305 g/mol. The Labute approximate surface area is 127 Å². The molecule has 2 aromatic carbocycles. The Kier molecular flexibility index (Phi) is 3.90. The van der Waals surface area contributed by atoms with Gasteiger partial charge in [0.15, 0.2) is 0 Å². The van der Waals surface area contributed by atoms with E-state index >= 15 is 0 Å². The maximum absolute atomic E-state index is 13.3. The van der Waals surface area contributed by atoms with Gasteiger partial charge in [0.2, 0.25) is 5.91 Å². The molecule has 1 heterocycles. The van der Waals surface area contributed by atoms with Crippen molar-refractivity contribution in [3.8, 4) is 0 Å². The third-order valence-electron chi connectivity index (χ3n) is 3.53. The first-order chi connectivity index (χ1) is 10.1. The minimum absolute atomic E-state index is 0.189. The van der Waals surface area contributed by atoms with Gasteiger partial charge in [-0.15, -0.1) is 0 Å². The highest BCUT2D eigenvalue weighted by molar-refractivity contribution is 6.30. The standard InChI is InChI=1S/C16H14ClFN2O/c17-12-6-13(18)8-14(7-12)20-16(21)15-5-10-3-1-2-4-11(10)9-19-15/h1-4,6-8,15,19H,5,9H2,(H,20,21)/t15-/m1/s1. The molecule has 108 valence electrons. The maximum atomic E-state index is 13.3. The number of fused-ring (bicyclic) bond motifs is 1. The van der Waals surface area contributed by atoms with Crippen molar-refractivity contribution in [2.24, 2.45) is 0 Å². The van der Waals surface area contributed by atoms with E-state index in [0.717, 1.165) is 5.56 Å². The summed E-state index contributed by atoms with van der Waals surface area (Å²) < 4.78 is 13.3. The molecule has 0 unspecified atom stereocenters. The van der Waals surface area contributed by atoms with Crippen LogP contribution in [0.5, 0.6) is 0 Å². The van der Waals surface area contributed by atoms with E-state index in [1.807, 2.05) is 24.3 Å². The molecule has 0 aromatic heterocycles. The van der Waals surface area contributed by atoms with Gasteiger partial charge < -0.3 is 10.6 Å². The zero-order valence-corrected chi connectivity index (χ0v) is 12.0. The fourth-order valence-electron chi connectivity index (χ4n) is 2.50. The zero-order valence-electron chi connectivity index (χ0n) is 11.2. The predicted molar refractivity (Wildman–Crippen MR) is 80.8 cm³/mol. The summed E-state index contributed by atoms with van der Waals surface area (Å²) in [6, 6.07) is 11.7. The Bertz CT molecular complexity index is 669. The Balaban J connectivity index is 1.72. The number of carbonyl (C=O) groups excluding carboxylic acids is 1. The second-order valence-corrected chi connectivity index (χ2v) is 5.49. The minimum Gasteiger partial charge on any atom is -0.325 e. The van der Waals surface area contributed by atoms with Gasteiger partial charge in [-0.05, 0) is 35.7 Å². The van der Waals surface area contributed by atoms with E-state index in [0.29, 0.717) is 18.7 Å². The minimum atomic E-state index is -0.472. The van der Waals surface area contributed by atoms with Crippen LogP contribution in [-0.2, 0) is 17.8 Å². The summed E-state index contributed by atoms with van der Waals surface area (Å²) in [7, 11) is 0. The lowest BCUT2D eigenvalue weighted by Gasteiger charge is -2.25. The molecule has 2 aromatic rings. The number of rotatable bonds is 2. The van der Waals surface area contributed by atoms with Gasteiger partial charge in [0.05, 0.1) is 6.04 Å². The van der Waals surface area contributed by atoms with E-state index in [2.05, 4.69) is 10.6 Å². The van der Waals surface area contributed by atoms with Gasteiger partial charge in [0, 0.05) is 17.3 Å². The lowest BCUT2D eigenvalue weighted by Crippen LogP contribution is -2.44. The van der Waals surface area contributed by atoms with Crippen LogP contribution in [-0.4, -0.2) is 11.9 Å². The molecule has 1 aliphatic rings. The van der Waals surface area contributed by atoms with Crippen molar-refractivity contribution in [1.82, 2.24) is 5.32 Å². The van der Waals surface area contributed by atoms with Gasteiger partial charge >= 0.3 is 0 Å². The number of carbonyl (C=O) groups is 1. The van der Waals surface area contributed by atoms with E-state index in [4.69, 9.17) is 11.6 Å². The SMILES string of the molecule is O=C(Nc1cc(F)cc(Cl)c1)[C@H]1Cc2ccccc2CN1. The Hall–Kier alpha value is -1.91. The quantitative estimate of drug-likeness (QED) is 0.895. The van der Waals surface area contributed by atoms with Crippen LogP contribution >= 0.6 is 11.6 Å². The number of hydrogen-bond acceptors (Lipinski definition) is 2. The topological polar surface area (TPSA) is 41.1 Å². The Morgan fingerprint density at radius 3 is 2.76 bits per heavy atom. The molecule has 1 amide bonds. The summed E-state index contributed by atoms with van der Waals surface area (Å²) in [6.07, 6.45) is 0.616. The molecule has 3 rings (SSSR count). The second kappa shape index (κ2) is 5.84. The largest absolute Gasteiger partial charge is 0.325 e. The Morgan fingerprint density at radius 1 is 1.24 bits per heavy atom. The Morgan fingerprint density at radius 2 is 2.00 bits per heavy atom. The molecule has 1 aliphatic heterocycles. The fraction of sp³-hybridized carbons (Fsp3) is 0.188. The molecule has 21 heavy (non-hydrogen) atoms. The first-order valence-electron chi connectivity index (χ1n) is 6.69. The van der Waals surface area contributed by atoms with Crippen LogP contribution in [0.1, 0.15) is 11.1 Å². The van der Waals surface area contributed by atoms with Crippen molar-refractivity contribution in [3.63, 3.8) is 0 Å². The number of anilines is 1. The molecule has 0 aliphatic carbocycles. The van der Waals surface area contributed by atoms with Crippen molar-refractivity contribution in [2.75, 3.05) is 5.32 Å². The summed E-state index contributed by atoms with van der Waals surface area (Å²) in [5.41, 5.74) is 2.73. The number of halogens is 2. The van der Waals surface area contributed by atoms with E-state index in [1.165, 1.54) is 23.8 Å². The summed E-state index contributed by atoms with van der Waals surface area (Å²) >= 11 is 5.78. The molecular formula is C16H14ClFN2O. The van der Waals surface area contributed by atoms with Crippen LogP contribution in [0.4, 0.5) is 10.1 Å². The van der Waals surface area contributed by atoms with Crippen molar-refractivity contribution in [3.05, 3.63) is 64.4 Å². The third-order valence-corrected chi connectivity index (χ3v) is 3.75. The van der Waals surface area contributed by atoms with Crippen LogP contribution in [0, 0.1) is 5.82 Å². The summed E-state index contributed by atoms with van der Waals surface area (Å²) in [6.45, 7) is 0.651. The van der Waals surface area contributed by atoms with E-state index < -0.39 is 5.82 Å². The molecule has 0 spiro atoms. The smallest absolute Gasteiger partial charge is 0.241 e. The monoisotopic (exact) mass is 304 g/mol. The summed E-state index contributed by atoms with van der Waals surface area (Å²) in [5.74, 6) is -0.661. The lowest BCUT2D eigenvalue weighted by atomic mass is 9.95. The van der Waals surface area contributed by atoms with Crippen LogP contribution in [0.25, 0.3) is 0 Å². The molecule has 0 saturated heterocycles. The van der Waals surface area contributed by atoms with E-state index in [9.17, 15) is 9.18 Å². The summed E-state index contributed by atoms with van der Waals surface area (Å²) in [4.78, 5) is 12.3. The van der Waals surface area contributed by atoms with Crippen LogP contribution in [0.3, 0.4) is 0 Å². The lowest BCUT2D eigenvalue weighted by molar-refractivity contribution is -0.118. The average Bonchev–Trinajstić information content (AvgIpc) is 2.45. The molecule has 0 radical (unpaired) electrons. The molecule has 2 N–H and O–H groups in total. The van der Waals surface area contributed by atoms with E-state index in [-0.39, 0.29) is 17.0 Å². The number of amides is 1. The van der Waals surface area contributed by atoms with E-state index in [1.54, 1.807) is 0 Å². The molecule has 0 fully saturated rings. The number of benzene rings is 2. The van der Waals surface area contributed by atoms with Crippen molar-refractivity contribution >= 4 is 23.2 Å². The molecule has 1 atom stereocenters. The van der Waals surface area contributed by atoms with Gasteiger partial charge in [0.25, 0.3) is 0 Å².